The average molecular weight is 299 g/mol. The Kier molecular flexibility index (Phi) is 5.41. The Labute approximate surface area is 117 Å². The van der Waals surface area contributed by atoms with Crippen molar-refractivity contribution in [2.75, 3.05) is 0 Å². The molecule has 0 amide bonds. The van der Waals surface area contributed by atoms with Crippen molar-refractivity contribution in [3.8, 4) is 0 Å². The van der Waals surface area contributed by atoms with Crippen LogP contribution in [0.5, 0.6) is 0 Å². The van der Waals surface area contributed by atoms with Gasteiger partial charge in [0.1, 0.15) is 11.8 Å². The summed E-state index contributed by atoms with van der Waals surface area (Å²) in [6.45, 7) is 3.15. The topological polar surface area (TPSA) is 101 Å². The summed E-state index contributed by atoms with van der Waals surface area (Å²) >= 11 is 0. The summed E-state index contributed by atoms with van der Waals surface area (Å²) in [6.07, 6.45) is 0.386. The molecule has 0 aliphatic carbocycles. The Morgan fingerprint density at radius 2 is 1.80 bits per heavy atom. The van der Waals surface area contributed by atoms with E-state index in [-0.39, 0.29) is 11.3 Å². The first-order valence-electron chi connectivity index (χ1n) is 6.09. The fourth-order valence-corrected chi connectivity index (χ4v) is 2.82. The summed E-state index contributed by atoms with van der Waals surface area (Å²) in [5.74, 6) is -1.78. The molecule has 110 valence electrons. The molecule has 7 heteroatoms. The third-order valence-electron chi connectivity index (χ3n) is 2.73. The number of carbonyl (C=O) groups is 2. The molecule has 0 aliphatic heterocycles. The largest absolute Gasteiger partial charge is 0.480 e. The van der Waals surface area contributed by atoms with E-state index in [0.717, 1.165) is 12.0 Å². The van der Waals surface area contributed by atoms with E-state index in [4.69, 9.17) is 5.11 Å². The number of ketones is 1. The van der Waals surface area contributed by atoms with E-state index < -0.39 is 27.8 Å². The van der Waals surface area contributed by atoms with Crippen LogP contribution in [0.3, 0.4) is 0 Å². The van der Waals surface area contributed by atoms with Crippen LogP contribution in [-0.2, 0) is 26.0 Å². The van der Waals surface area contributed by atoms with Crippen LogP contribution in [0.2, 0.25) is 0 Å². The second kappa shape index (κ2) is 6.62. The van der Waals surface area contributed by atoms with Crippen LogP contribution >= 0.6 is 0 Å². The highest BCUT2D eigenvalue weighted by Gasteiger charge is 2.26. The van der Waals surface area contributed by atoms with Gasteiger partial charge in [0, 0.05) is 6.42 Å². The van der Waals surface area contributed by atoms with Gasteiger partial charge in [0.05, 0.1) is 4.90 Å². The first-order valence-corrected chi connectivity index (χ1v) is 7.58. The maximum absolute atomic E-state index is 12.0. The molecule has 1 unspecified atom stereocenters. The molecule has 0 radical (unpaired) electrons. The molecular formula is C13H17NO5S. The molecule has 0 fully saturated rings. The number of carbonyl (C=O) groups excluding carboxylic acids is 1. The Morgan fingerprint density at radius 1 is 1.25 bits per heavy atom. The van der Waals surface area contributed by atoms with Crippen LogP contribution in [0, 0.1) is 0 Å². The van der Waals surface area contributed by atoms with Crippen molar-refractivity contribution in [1.29, 1.82) is 0 Å². The van der Waals surface area contributed by atoms with E-state index in [1.54, 1.807) is 12.1 Å². The Bertz CT molecular complexity index is 592. The van der Waals surface area contributed by atoms with Crippen molar-refractivity contribution in [1.82, 2.24) is 4.72 Å². The van der Waals surface area contributed by atoms with Gasteiger partial charge in [0.2, 0.25) is 10.0 Å². The lowest BCUT2D eigenvalue weighted by Crippen LogP contribution is -2.41. The van der Waals surface area contributed by atoms with Crippen molar-refractivity contribution in [2.45, 2.75) is 37.6 Å². The summed E-state index contributed by atoms with van der Waals surface area (Å²) in [4.78, 5) is 21.9. The second-order valence-electron chi connectivity index (χ2n) is 4.42. The van der Waals surface area contributed by atoms with Gasteiger partial charge in [-0.25, -0.2) is 8.42 Å². The number of benzene rings is 1. The maximum atomic E-state index is 12.0. The van der Waals surface area contributed by atoms with E-state index in [1.807, 2.05) is 11.6 Å². The van der Waals surface area contributed by atoms with Gasteiger partial charge in [-0.1, -0.05) is 19.1 Å². The SMILES string of the molecule is CCc1ccc(S(=O)(=O)NC(CC(C)=O)C(=O)O)cc1. The van der Waals surface area contributed by atoms with Crippen LogP contribution in [0.1, 0.15) is 25.8 Å². The van der Waals surface area contributed by atoms with E-state index in [1.165, 1.54) is 19.1 Å². The predicted octanol–water partition coefficient (Wildman–Crippen LogP) is 0.960. The molecule has 0 spiro atoms. The highest BCUT2D eigenvalue weighted by atomic mass is 32.2. The van der Waals surface area contributed by atoms with Gasteiger partial charge in [0.15, 0.2) is 0 Å². The number of Topliss-reactive ketones (excluding diaryl/α,β-unsaturated/α-hetero) is 1. The standard InChI is InChI=1S/C13H17NO5S/c1-3-10-4-6-11(7-5-10)20(18,19)14-12(13(16)17)8-9(2)15/h4-7,12,14H,3,8H2,1-2H3,(H,16,17). The molecule has 20 heavy (non-hydrogen) atoms. The fraction of sp³-hybridized carbons (Fsp3) is 0.385. The predicted molar refractivity (Wildman–Crippen MR) is 72.9 cm³/mol. The minimum absolute atomic E-state index is 0.0236. The van der Waals surface area contributed by atoms with Gasteiger partial charge in [-0.15, -0.1) is 0 Å². The smallest absolute Gasteiger partial charge is 0.322 e. The molecule has 0 heterocycles. The number of aryl methyl sites for hydroxylation is 1. The van der Waals surface area contributed by atoms with Crippen molar-refractivity contribution in [3.05, 3.63) is 29.8 Å². The van der Waals surface area contributed by atoms with Crippen LogP contribution in [0.4, 0.5) is 0 Å². The van der Waals surface area contributed by atoms with E-state index in [9.17, 15) is 18.0 Å². The van der Waals surface area contributed by atoms with E-state index in [2.05, 4.69) is 0 Å². The van der Waals surface area contributed by atoms with Crippen molar-refractivity contribution in [3.63, 3.8) is 0 Å². The first kappa shape index (κ1) is 16.3. The monoisotopic (exact) mass is 299 g/mol. The number of rotatable bonds is 7. The van der Waals surface area contributed by atoms with Crippen molar-refractivity contribution >= 4 is 21.8 Å². The molecular weight excluding hydrogens is 282 g/mol. The summed E-state index contributed by atoms with van der Waals surface area (Å²) in [7, 11) is -3.96. The molecule has 0 aliphatic rings. The molecule has 0 bridgehead atoms. The number of nitrogens with one attached hydrogen (secondary N) is 1. The fourth-order valence-electron chi connectivity index (χ4n) is 1.63. The number of sulfonamides is 1. The third kappa shape index (κ3) is 4.43. The molecule has 2 N–H and O–H groups in total. The first-order chi connectivity index (χ1) is 9.26. The van der Waals surface area contributed by atoms with Gasteiger partial charge in [-0.2, -0.15) is 4.72 Å². The summed E-state index contributed by atoms with van der Waals surface area (Å²) in [6, 6.07) is 4.69. The normalized spacial score (nSPS) is 12.9. The maximum Gasteiger partial charge on any atom is 0.322 e. The van der Waals surface area contributed by atoms with Gasteiger partial charge in [-0.3, -0.25) is 9.59 Å². The molecule has 1 aromatic carbocycles. The zero-order chi connectivity index (χ0) is 15.3. The highest BCUT2D eigenvalue weighted by molar-refractivity contribution is 7.89. The Hall–Kier alpha value is -1.73. The Morgan fingerprint density at radius 3 is 2.20 bits per heavy atom. The molecule has 6 nitrogen and oxygen atoms in total. The van der Waals surface area contributed by atoms with Crippen LogP contribution in [0.15, 0.2) is 29.2 Å². The number of hydrogen-bond acceptors (Lipinski definition) is 4. The highest BCUT2D eigenvalue weighted by Crippen LogP contribution is 2.12. The minimum atomic E-state index is -3.96. The second-order valence-corrected chi connectivity index (χ2v) is 6.13. The molecule has 1 rings (SSSR count). The lowest BCUT2D eigenvalue weighted by atomic mass is 10.2. The van der Waals surface area contributed by atoms with Crippen molar-refractivity contribution in [2.24, 2.45) is 0 Å². The quantitative estimate of drug-likeness (QED) is 0.781. The van der Waals surface area contributed by atoms with E-state index in [0.29, 0.717) is 0 Å². The van der Waals surface area contributed by atoms with Crippen LogP contribution in [-0.4, -0.2) is 31.3 Å². The average Bonchev–Trinajstić information content (AvgIpc) is 2.37. The minimum Gasteiger partial charge on any atom is -0.480 e. The number of hydrogen-bond donors (Lipinski definition) is 2. The lowest BCUT2D eigenvalue weighted by Gasteiger charge is -2.13. The molecule has 0 saturated heterocycles. The Balaban J connectivity index is 2.96. The van der Waals surface area contributed by atoms with Gasteiger partial charge >= 0.3 is 5.97 Å². The number of carboxylic acids is 1. The summed E-state index contributed by atoms with van der Waals surface area (Å²) in [5, 5.41) is 8.94. The summed E-state index contributed by atoms with van der Waals surface area (Å²) < 4.78 is 26.1. The van der Waals surface area contributed by atoms with E-state index >= 15 is 0 Å². The summed E-state index contributed by atoms with van der Waals surface area (Å²) in [5.41, 5.74) is 0.975. The lowest BCUT2D eigenvalue weighted by molar-refractivity contribution is -0.140. The van der Waals surface area contributed by atoms with Gasteiger partial charge < -0.3 is 5.11 Å². The number of aliphatic carboxylic acids is 1. The third-order valence-corrected chi connectivity index (χ3v) is 4.22. The molecule has 1 aromatic rings. The van der Waals surface area contributed by atoms with Crippen molar-refractivity contribution < 1.29 is 23.1 Å². The molecule has 0 saturated carbocycles. The molecule has 1 atom stereocenters. The van der Waals surface area contributed by atoms with Crippen LogP contribution < -0.4 is 4.72 Å². The number of carboxylic acid groups (broad SMARTS) is 1. The van der Waals surface area contributed by atoms with Gasteiger partial charge in [-0.05, 0) is 31.0 Å². The zero-order valence-electron chi connectivity index (χ0n) is 11.3. The molecule has 0 aromatic heterocycles. The van der Waals surface area contributed by atoms with Crippen LogP contribution in [0.25, 0.3) is 0 Å². The van der Waals surface area contributed by atoms with Gasteiger partial charge in [0.25, 0.3) is 0 Å². The zero-order valence-corrected chi connectivity index (χ0v) is 12.1.